The average Bonchev–Trinajstić information content (AvgIpc) is 2.16. The zero-order valence-electron chi connectivity index (χ0n) is 8.71. The zero-order chi connectivity index (χ0) is 9.78. The first-order valence-electron chi connectivity index (χ1n) is 5.34. The number of hydrogen-bond donors (Lipinski definition) is 1. The van der Waals surface area contributed by atoms with Crippen LogP contribution in [0.25, 0.3) is 0 Å². The molecule has 0 aliphatic carbocycles. The van der Waals surface area contributed by atoms with Gasteiger partial charge in [0.25, 0.3) is 0 Å². The quantitative estimate of drug-likeness (QED) is 0.450. The van der Waals surface area contributed by atoms with E-state index < -0.39 is 0 Å². The highest BCUT2D eigenvalue weighted by atomic mass is 16.2. The minimum absolute atomic E-state index is 0.140. The maximum atomic E-state index is 8.45. The molecule has 0 unspecified atom stereocenters. The number of unbranched alkanes of at least 4 members (excludes halogenated alkanes) is 5. The fourth-order valence-electron chi connectivity index (χ4n) is 1.18. The Morgan fingerprint density at radius 3 is 2.31 bits per heavy atom. The highest BCUT2D eigenvalue weighted by Gasteiger charge is 1.85. The van der Waals surface area contributed by atoms with E-state index in [2.05, 4.69) is 13.0 Å². The van der Waals surface area contributed by atoms with Gasteiger partial charge in [-0.1, -0.05) is 56.9 Å². The molecule has 1 nitrogen and oxygen atoms in total. The monoisotopic (exact) mass is 182 g/mol. The van der Waals surface area contributed by atoms with Gasteiger partial charge in [0.2, 0.25) is 0 Å². The molecule has 0 saturated carbocycles. The lowest BCUT2D eigenvalue weighted by molar-refractivity contribution is 0.343. The first-order chi connectivity index (χ1) is 6.41. The smallest absolute Gasteiger partial charge is 0.0615 e. The van der Waals surface area contributed by atoms with Crippen LogP contribution in [0, 0.1) is 0 Å². The van der Waals surface area contributed by atoms with E-state index in [4.69, 9.17) is 5.11 Å². The summed E-state index contributed by atoms with van der Waals surface area (Å²) in [5.74, 6) is 0. The van der Waals surface area contributed by atoms with Gasteiger partial charge in [-0.25, -0.2) is 0 Å². The first-order valence-corrected chi connectivity index (χ1v) is 5.34. The molecule has 0 aromatic carbocycles. The molecule has 0 radical (unpaired) electrons. The Morgan fingerprint density at radius 2 is 1.62 bits per heavy atom. The van der Waals surface area contributed by atoms with Crippen LogP contribution in [0.4, 0.5) is 0 Å². The van der Waals surface area contributed by atoms with Crippen LogP contribution in [0.2, 0.25) is 0 Å². The maximum Gasteiger partial charge on any atom is 0.0615 e. The van der Waals surface area contributed by atoms with Crippen molar-refractivity contribution in [3.63, 3.8) is 0 Å². The summed E-state index contributed by atoms with van der Waals surface area (Å²) in [6, 6.07) is 0. The number of aliphatic hydroxyl groups excluding tert-OH is 1. The van der Waals surface area contributed by atoms with Crippen LogP contribution in [0.1, 0.15) is 45.4 Å². The third-order valence-electron chi connectivity index (χ3n) is 1.96. The molecule has 1 N–H and O–H groups in total. The van der Waals surface area contributed by atoms with Crippen LogP contribution in [-0.4, -0.2) is 11.7 Å². The average molecular weight is 182 g/mol. The molecule has 0 rings (SSSR count). The fraction of sp³-hybridized carbons (Fsp3) is 0.667. The van der Waals surface area contributed by atoms with E-state index >= 15 is 0 Å². The normalized spacial score (nSPS) is 11.8. The van der Waals surface area contributed by atoms with Gasteiger partial charge in [0.15, 0.2) is 0 Å². The van der Waals surface area contributed by atoms with Gasteiger partial charge in [-0.05, 0) is 12.8 Å². The van der Waals surface area contributed by atoms with Crippen LogP contribution < -0.4 is 0 Å². The lowest BCUT2D eigenvalue weighted by Crippen LogP contribution is -1.75. The van der Waals surface area contributed by atoms with Crippen molar-refractivity contribution < 1.29 is 5.11 Å². The third-order valence-corrected chi connectivity index (χ3v) is 1.96. The molecular weight excluding hydrogens is 160 g/mol. The minimum Gasteiger partial charge on any atom is -0.392 e. The van der Waals surface area contributed by atoms with Crippen LogP contribution in [0.15, 0.2) is 24.3 Å². The molecule has 0 aliphatic heterocycles. The van der Waals surface area contributed by atoms with Crippen molar-refractivity contribution in [1.82, 2.24) is 0 Å². The van der Waals surface area contributed by atoms with Crippen molar-refractivity contribution in [2.75, 3.05) is 6.61 Å². The van der Waals surface area contributed by atoms with Crippen molar-refractivity contribution in [2.24, 2.45) is 0 Å². The summed E-state index contributed by atoms with van der Waals surface area (Å²) in [5.41, 5.74) is 0. The van der Waals surface area contributed by atoms with E-state index in [0.29, 0.717) is 0 Å². The van der Waals surface area contributed by atoms with Gasteiger partial charge in [0.1, 0.15) is 0 Å². The van der Waals surface area contributed by atoms with E-state index in [-0.39, 0.29) is 6.61 Å². The van der Waals surface area contributed by atoms with Gasteiger partial charge in [-0.15, -0.1) is 0 Å². The molecule has 0 fully saturated rings. The summed E-state index contributed by atoms with van der Waals surface area (Å²) < 4.78 is 0. The zero-order valence-corrected chi connectivity index (χ0v) is 8.71. The van der Waals surface area contributed by atoms with Crippen molar-refractivity contribution in [3.8, 4) is 0 Å². The predicted molar refractivity (Wildman–Crippen MR) is 58.7 cm³/mol. The lowest BCUT2D eigenvalue weighted by atomic mass is 10.1. The van der Waals surface area contributed by atoms with Crippen molar-refractivity contribution in [1.29, 1.82) is 0 Å². The molecule has 0 aromatic rings. The van der Waals surface area contributed by atoms with Crippen LogP contribution in [-0.2, 0) is 0 Å². The van der Waals surface area contributed by atoms with Crippen molar-refractivity contribution in [2.45, 2.75) is 45.4 Å². The van der Waals surface area contributed by atoms with Gasteiger partial charge in [0.05, 0.1) is 6.61 Å². The van der Waals surface area contributed by atoms with Gasteiger partial charge in [-0.3, -0.25) is 0 Å². The van der Waals surface area contributed by atoms with Gasteiger partial charge >= 0.3 is 0 Å². The molecule has 76 valence electrons. The summed E-state index contributed by atoms with van der Waals surface area (Å²) in [7, 11) is 0. The second-order valence-corrected chi connectivity index (χ2v) is 3.24. The van der Waals surface area contributed by atoms with Crippen molar-refractivity contribution in [3.05, 3.63) is 24.3 Å². The van der Waals surface area contributed by atoms with E-state index in [1.165, 1.54) is 38.5 Å². The molecule has 0 bridgehead atoms. The minimum atomic E-state index is 0.140. The topological polar surface area (TPSA) is 20.2 Å². The van der Waals surface area contributed by atoms with Gasteiger partial charge < -0.3 is 5.11 Å². The SMILES string of the molecule is CCCCCCCC=C/C=C/CO. The molecule has 0 atom stereocenters. The third kappa shape index (κ3) is 11.4. The Bertz CT molecular complexity index is 136. The standard InChI is InChI=1S/C12H22O/c1-2-3-4-5-6-7-8-9-10-11-12-13/h8-11,13H,2-7,12H2,1H3/b9-8?,11-10+. The van der Waals surface area contributed by atoms with Crippen LogP contribution in [0.5, 0.6) is 0 Å². The highest BCUT2D eigenvalue weighted by Crippen LogP contribution is 2.05. The molecular formula is C12H22O. The second-order valence-electron chi connectivity index (χ2n) is 3.24. The van der Waals surface area contributed by atoms with Crippen molar-refractivity contribution >= 4 is 0 Å². The number of aliphatic hydroxyl groups is 1. The summed E-state index contributed by atoms with van der Waals surface area (Å²) in [4.78, 5) is 0. The Labute approximate surface area is 82.2 Å². The molecule has 13 heavy (non-hydrogen) atoms. The van der Waals surface area contributed by atoms with Crippen LogP contribution >= 0.6 is 0 Å². The first kappa shape index (κ1) is 12.4. The van der Waals surface area contributed by atoms with E-state index in [9.17, 15) is 0 Å². The molecule has 0 amide bonds. The maximum absolute atomic E-state index is 8.45. The molecule has 0 aromatic heterocycles. The van der Waals surface area contributed by atoms with Gasteiger partial charge in [0, 0.05) is 0 Å². The summed E-state index contributed by atoms with van der Waals surface area (Å²) in [6.45, 7) is 2.38. The predicted octanol–water partition coefficient (Wildman–Crippen LogP) is 3.45. The number of hydrogen-bond acceptors (Lipinski definition) is 1. The van der Waals surface area contributed by atoms with E-state index in [0.717, 1.165) is 0 Å². The Kier molecular flexibility index (Phi) is 10.9. The van der Waals surface area contributed by atoms with E-state index in [1.807, 2.05) is 12.2 Å². The molecule has 0 heterocycles. The number of rotatable bonds is 8. The van der Waals surface area contributed by atoms with Crippen LogP contribution in [0.3, 0.4) is 0 Å². The molecule has 0 aliphatic rings. The Hall–Kier alpha value is -0.560. The number of allylic oxidation sites excluding steroid dienone is 3. The summed E-state index contributed by atoms with van der Waals surface area (Å²) >= 11 is 0. The summed E-state index contributed by atoms with van der Waals surface area (Å²) in [6.07, 6.45) is 15.7. The fourth-order valence-corrected chi connectivity index (χ4v) is 1.18. The second kappa shape index (κ2) is 11.4. The molecule has 0 spiro atoms. The Balaban J connectivity index is 3.06. The van der Waals surface area contributed by atoms with E-state index in [1.54, 1.807) is 6.08 Å². The van der Waals surface area contributed by atoms with Gasteiger partial charge in [-0.2, -0.15) is 0 Å². The molecule has 0 saturated heterocycles. The largest absolute Gasteiger partial charge is 0.392 e. The molecule has 1 heteroatoms. The highest BCUT2D eigenvalue weighted by molar-refractivity contribution is 5.02. The summed E-state index contributed by atoms with van der Waals surface area (Å²) in [5, 5.41) is 8.45. The lowest BCUT2D eigenvalue weighted by Gasteiger charge is -1.95. The Morgan fingerprint density at radius 1 is 0.923 bits per heavy atom.